The maximum atomic E-state index is 11.9. The van der Waals surface area contributed by atoms with Gasteiger partial charge in [-0.15, -0.1) is 0 Å². The van der Waals surface area contributed by atoms with Crippen molar-refractivity contribution < 1.29 is 9.53 Å². The lowest BCUT2D eigenvalue weighted by atomic mass is 10.1. The zero-order valence-corrected chi connectivity index (χ0v) is 15.0. The highest BCUT2D eigenvalue weighted by atomic mass is 16.5. The van der Waals surface area contributed by atoms with Crippen molar-refractivity contribution in [2.75, 3.05) is 18.5 Å². The summed E-state index contributed by atoms with van der Waals surface area (Å²) in [6, 6.07) is 17.3. The summed E-state index contributed by atoms with van der Waals surface area (Å²) in [6.45, 7) is 6.94. The summed E-state index contributed by atoms with van der Waals surface area (Å²) in [5, 5.41) is 7.19. The zero-order valence-electron chi connectivity index (χ0n) is 15.0. The molecule has 0 aromatic heterocycles. The van der Waals surface area contributed by atoms with Gasteiger partial charge >= 0.3 is 0 Å². The van der Waals surface area contributed by atoms with Crippen LogP contribution in [0.1, 0.15) is 26.3 Å². The Labute approximate surface area is 149 Å². The molecule has 0 aliphatic heterocycles. The van der Waals surface area contributed by atoms with Crippen LogP contribution in [0.4, 0.5) is 5.69 Å². The monoisotopic (exact) mass is 339 g/mol. The van der Waals surface area contributed by atoms with Crippen molar-refractivity contribution in [2.24, 2.45) is 11.0 Å². The van der Waals surface area contributed by atoms with E-state index in [1.807, 2.05) is 61.5 Å². The average molecular weight is 339 g/mol. The predicted molar refractivity (Wildman–Crippen MR) is 102 cm³/mol. The van der Waals surface area contributed by atoms with E-state index in [0.29, 0.717) is 12.5 Å². The fraction of sp³-hybridized carbons (Fsp3) is 0.300. The van der Waals surface area contributed by atoms with Crippen LogP contribution in [0.15, 0.2) is 59.7 Å². The van der Waals surface area contributed by atoms with E-state index in [2.05, 4.69) is 29.7 Å². The number of para-hydroxylation sites is 1. The van der Waals surface area contributed by atoms with Gasteiger partial charge in [0.2, 0.25) is 0 Å². The van der Waals surface area contributed by atoms with Crippen molar-refractivity contribution in [1.82, 2.24) is 5.43 Å². The maximum absolute atomic E-state index is 11.9. The molecule has 0 bridgehead atoms. The molecule has 2 rings (SSSR count). The summed E-state index contributed by atoms with van der Waals surface area (Å²) in [5.41, 5.74) is 5.14. The third kappa shape index (κ3) is 6.67. The van der Waals surface area contributed by atoms with E-state index >= 15 is 0 Å². The predicted octanol–water partition coefficient (Wildman–Crippen LogP) is 3.67. The van der Waals surface area contributed by atoms with E-state index in [1.165, 1.54) is 0 Å². The number of hydrogen-bond acceptors (Lipinski definition) is 4. The number of amides is 1. The van der Waals surface area contributed by atoms with Gasteiger partial charge in [-0.1, -0.05) is 32.0 Å². The van der Waals surface area contributed by atoms with Crippen LogP contribution in [-0.4, -0.2) is 24.8 Å². The Hall–Kier alpha value is -2.82. The molecule has 132 valence electrons. The summed E-state index contributed by atoms with van der Waals surface area (Å²) < 4.78 is 5.66. The van der Waals surface area contributed by atoms with Gasteiger partial charge in [-0.2, -0.15) is 5.10 Å². The van der Waals surface area contributed by atoms with Gasteiger partial charge < -0.3 is 10.1 Å². The Balaban J connectivity index is 1.82. The Morgan fingerprint density at radius 3 is 2.40 bits per heavy atom. The van der Waals surface area contributed by atoms with Crippen molar-refractivity contribution in [3.8, 4) is 5.75 Å². The first-order valence-corrected chi connectivity index (χ1v) is 8.40. The van der Waals surface area contributed by atoms with E-state index in [4.69, 9.17) is 4.74 Å². The van der Waals surface area contributed by atoms with Gasteiger partial charge in [0, 0.05) is 5.69 Å². The molecule has 0 saturated heterocycles. The summed E-state index contributed by atoms with van der Waals surface area (Å²) in [7, 11) is 0. The molecule has 0 radical (unpaired) electrons. The van der Waals surface area contributed by atoms with Crippen LogP contribution in [-0.2, 0) is 4.79 Å². The van der Waals surface area contributed by atoms with Gasteiger partial charge in [0.25, 0.3) is 5.91 Å². The van der Waals surface area contributed by atoms with E-state index < -0.39 is 0 Å². The van der Waals surface area contributed by atoms with Crippen LogP contribution in [0.2, 0.25) is 0 Å². The van der Waals surface area contributed by atoms with Gasteiger partial charge in [0.15, 0.2) is 0 Å². The molecule has 2 aromatic carbocycles. The van der Waals surface area contributed by atoms with Crippen LogP contribution < -0.4 is 15.5 Å². The topological polar surface area (TPSA) is 62.7 Å². The van der Waals surface area contributed by atoms with Crippen molar-refractivity contribution in [3.63, 3.8) is 0 Å². The number of ether oxygens (including phenoxy) is 1. The molecule has 5 nitrogen and oxygen atoms in total. The number of carbonyl (C=O) groups is 1. The smallest absolute Gasteiger partial charge is 0.259 e. The lowest BCUT2D eigenvalue weighted by Crippen LogP contribution is -2.26. The molecule has 5 heteroatoms. The third-order valence-corrected chi connectivity index (χ3v) is 3.43. The molecule has 2 N–H and O–H groups in total. The highest BCUT2D eigenvalue weighted by molar-refractivity contribution is 5.99. The zero-order chi connectivity index (χ0) is 18.1. The quantitative estimate of drug-likeness (QED) is 0.570. The molecule has 0 fully saturated rings. The van der Waals surface area contributed by atoms with Crippen molar-refractivity contribution >= 4 is 17.3 Å². The highest BCUT2D eigenvalue weighted by Gasteiger charge is 2.03. The van der Waals surface area contributed by atoms with Crippen LogP contribution >= 0.6 is 0 Å². The average Bonchev–Trinajstić information content (AvgIpc) is 2.64. The summed E-state index contributed by atoms with van der Waals surface area (Å²) in [4.78, 5) is 11.9. The molecule has 0 unspecified atom stereocenters. The number of nitrogens with one attached hydrogen (secondary N) is 2. The first-order chi connectivity index (χ1) is 12.0. The standard InChI is InChI=1S/C20H25N3O2/c1-15(2)14-25-19-11-9-17(10-12-19)16(3)22-23-20(24)13-21-18-7-5-4-6-8-18/h4-12,15,21H,13-14H2,1-3H3,(H,23,24)/b22-16-. The minimum atomic E-state index is -0.194. The second-order valence-electron chi connectivity index (χ2n) is 6.18. The lowest BCUT2D eigenvalue weighted by Gasteiger charge is -2.09. The second kappa shape index (κ2) is 9.47. The van der Waals surface area contributed by atoms with Gasteiger partial charge in [-0.05, 0) is 54.8 Å². The fourth-order valence-electron chi connectivity index (χ4n) is 2.04. The number of hydrazone groups is 1. The highest BCUT2D eigenvalue weighted by Crippen LogP contribution is 2.13. The van der Waals surface area contributed by atoms with Gasteiger partial charge in [-0.3, -0.25) is 4.79 Å². The number of carbonyl (C=O) groups excluding carboxylic acids is 1. The molecule has 0 spiro atoms. The van der Waals surface area contributed by atoms with Gasteiger partial charge in [0.1, 0.15) is 5.75 Å². The number of anilines is 1. The number of nitrogens with zero attached hydrogens (tertiary/aromatic N) is 1. The second-order valence-corrected chi connectivity index (χ2v) is 6.18. The Bertz CT molecular complexity index is 695. The largest absolute Gasteiger partial charge is 0.493 e. The van der Waals surface area contributed by atoms with E-state index in [9.17, 15) is 4.79 Å². The van der Waals surface area contributed by atoms with Crippen LogP contribution in [0.25, 0.3) is 0 Å². The molecular weight excluding hydrogens is 314 g/mol. The summed E-state index contributed by atoms with van der Waals surface area (Å²) in [5.74, 6) is 1.13. The maximum Gasteiger partial charge on any atom is 0.259 e. The molecule has 25 heavy (non-hydrogen) atoms. The van der Waals surface area contributed by atoms with Gasteiger partial charge in [0.05, 0.1) is 18.9 Å². The van der Waals surface area contributed by atoms with E-state index in [1.54, 1.807) is 0 Å². The van der Waals surface area contributed by atoms with Crippen LogP contribution in [0, 0.1) is 5.92 Å². The molecule has 0 aliphatic carbocycles. The molecule has 1 amide bonds. The molecular formula is C20H25N3O2. The van der Waals surface area contributed by atoms with E-state index in [-0.39, 0.29) is 12.5 Å². The first-order valence-electron chi connectivity index (χ1n) is 8.40. The van der Waals surface area contributed by atoms with E-state index in [0.717, 1.165) is 22.7 Å². The summed E-state index contributed by atoms with van der Waals surface area (Å²) >= 11 is 0. The molecule has 0 aliphatic rings. The summed E-state index contributed by atoms with van der Waals surface area (Å²) in [6.07, 6.45) is 0. The third-order valence-electron chi connectivity index (χ3n) is 3.43. The van der Waals surface area contributed by atoms with Gasteiger partial charge in [-0.25, -0.2) is 5.43 Å². The fourth-order valence-corrected chi connectivity index (χ4v) is 2.04. The lowest BCUT2D eigenvalue weighted by molar-refractivity contribution is -0.119. The Morgan fingerprint density at radius 1 is 1.08 bits per heavy atom. The molecule has 0 atom stereocenters. The van der Waals surface area contributed by atoms with Crippen molar-refractivity contribution in [3.05, 3.63) is 60.2 Å². The number of rotatable bonds is 8. The normalized spacial score (nSPS) is 11.3. The molecule has 2 aromatic rings. The number of hydrogen-bond donors (Lipinski definition) is 2. The Morgan fingerprint density at radius 2 is 1.76 bits per heavy atom. The molecule has 0 saturated carbocycles. The number of benzene rings is 2. The molecule has 0 heterocycles. The Kier molecular flexibility index (Phi) is 7.01. The van der Waals surface area contributed by atoms with Crippen molar-refractivity contribution in [1.29, 1.82) is 0 Å². The van der Waals surface area contributed by atoms with Crippen LogP contribution in [0.3, 0.4) is 0 Å². The first kappa shape index (κ1) is 18.5. The minimum absolute atomic E-state index is 0.169. The van der Waals surface area contributed by atoms with Crippen molar-refractivity contribution in [2.45, 2.75) is 20.8 Å². The minimum Gasteiger partial charge on any atom is -0.493 e. The SMILES string of the molecule is C/C(=N/NC(=O)CNc1ccccc1)c1ccc(OCC(C)C)cc1. The van der Waals surface area contributed by atoms with Crippen LogP contribution in [0.5, 0.6) is 5.75 Å².